The molecule has 3 aromatic rings. The summed E-state index contributed by atoms with van der Waals surface area (Å²) in [4.78, 5) is 22.2. The highest BCUT2D eigenvalue weighted by molar-refractivity contribution is 9.10. The smallest absolute Gasteiger partial charge is 0.343 e. The molecule has 3 rings (SSSR count). The van der Waals surface area contributed by atoms with Crippen LogP contribution < -0.4 is 4.74 Å². The number of nitro benzene ring substituents is 1. The van der Waals surface area contributed by atoms with Gasteiger partial charge >= 0.3 is 5.97 Å². The van der Waals surface area contributed by atoms with Crippen LogP contribution in [0.15, 0.2) is 65.1 Å². The van der Waals surface area contributed by atoms with Gasteiger partial charge in [0.05, 0.1) is 10.5 Å². The lowest BCUT2D eigenvalue weighted by molar-refractivity contribution is -0.384. The molecule has 0 saturated heterocycles. The van der Waals surface area contributed by atoms with E-state index >= 15 is 0 Å². The molecule has 3 aromatic carbocycles. The van der Waals surface area contributed by atoms with Gasteiger partial charge in [-0.3, -0.25) is 10.1 Å². The van der Waals surface area contributed by atoms with E-state index in [-0.39, 0.29) is 11.3 Å². The highest BCUT2D eigenvalue weighted by atomic mass is 79.9. The molecule has 0 aliphatic rings. The molecule has 0 aliphatic carbocycles. The number of hydrogen-bond donors (Lipinski definition) is 0. The predicted octanol–water partition coefficient (Wildman–Crippen LogP) is 4.73. The van der Waals surface area contributed by atoms with Crippen LogP contribution in [0.2, 0.25) is 0 Å². The van der Waals surface area contributed by atoms with E-state index in [1.165, 1.54) is 24.3 Å². The molecule has 0 spiro atoms. The van der Waals surface area contributed by atoms with Crippen molar-refractivity contribution >= 4 is 38.4 Å². The minimum Gasteiger partial charge on any atom is -0.423 e. The first-order valence-electron chi connectivity index (χ1n) is 6.69. The molecule has 0 bridgehead atoms. The average molecular weight is 372 g/mol. The van der Waals surface area contributed by atoms with Gasteiger partial charge in [0.15, 0.2) is 0 Å². The molecule has 0 aliphatic heterocycles. The lowest BCUT2D eigenvalue weighted by atomic mass is 10.1. The fourth-order valence-corrected chi connectivity index (χ4v) is 2.52. The highest BCUT2D eigenvalue weighted by Crippen LogP contribution is 2.24. The van der Waals surface area contributed by atoms with E-state index in [2.05, 4.69) is 15.9 Å². The van der Waals surface area contributed by atoms with Crippen LogP contribution in [-0.2, 0) is 0 Å². The summed E-state index contributed by atoms with van der Waals surface area (Å²) in [5, 5.41) is 12.6. The maximum absolute atomic E-state index is 12.1. The summed E-state index contributed by atoms with van der Waals surface area (Å²) in [6, 6.07) is 16.4. The number of benzene rings is 3. The van der Waals surface area contributed by atoms with Gasteiger partial charge in [0.1, 0.15) is 5.75 Å². The molecule has 0 atom stereocenters. The van der Waals surface area contributed by atoms with Gasteiger partial charge in [-0.1, -0.05) is 28.1 Å². The zero-order chi connectivity index (χ0) is 16.4. The number of esters is 1. The van der Waals surface area contributed by atoms with Gasteiger partial charge in [-0.05, 0) is 47.2 Å². The standard InChI is InChI=1S/C17H10BrNO4/c18-14-5-1-13-10-16(8-4-12(13)9-14)23-17(20)11-2-6-15(7-3-11)19(21)22/h1-10H. The molecule has 0 amide bonds. The molecule has 6 heteroatoms. The van der Waals surface area contributed by atoms with Crippen LogP contribution >= 0.6 is 15.9 Å². The van der Waals surface area contributed by atoms with Gasteiger partial charge < -0.3 is 4.74 Å². The fourth-order valence-electron chi connectivity index (χ4n) is 2.14. The molecule has 5 nitrogen and oxygen atoms in total. The molecule has 23 heavy (non-hydrogen) atoms. The first kappa shape index (κ1) is 15.2. The zero-order valence-corrected chi connectivity index (χ0v) is 13.3. The van der Waals surface area contributed by atoms with Crippen molar-refractivity contribution in [1.82, 2.24) is 0 Å². The van der Waals surface area contributed by atoms with Crippen molar-refractivity contribution in [3.8, 4) is 5.75 Å². The molecule has 0 radical (unpaired) electrons. The van der Waals surface area contributed by atoms with Crippen molar-refractivity contribution in [3.05, 3.63) is 80.8 Å². The number of fused-ring (bicyclic) bond motifs is 1. The predicted molar refractivity (Wildman–Crippen MR) is 89.7 cm³/mol. The van der Waals surface area contributed by atoms with Crippen molar-refractivity contribution in [1.29, 1.82) is 0 Å². The zero-order valence-electron chi connectivity index (χ0n) is 11.7. The molecule has 0 aromatic heterocycles. The number of nitro groups is 1. The quantitative estimate of drug-likeness (QED) is 0.289. The topological polar surface area (TPSA) is 69.4 Å². The Kier molecular flexibility index (Phi) is 4.08. The van der Waals surface area contributed by atoms with Crippen LogP contribution in [0.25, 0.3) is 10.8 Å². The number of halogens is 1. The number of carbonyl (C=O) groups excluding carboxylic acids is 1. The second-order valence-electron chi connectivity index (χ2n) is 4.85. The van der Waals surface area contributed by atoms with Crippen LogP contribution in [0.3, 0.4) is 0 Å². The monoisotopic (exact) mass is 371 g/mol. The van der Waals surface area contributed by atoms with Crippen molar-refractivity contribution < 1.29 is 14.5 Å². The normalized spacial score (nSPS) is 10.5. The lowest BCUT2D eigenvalue weighted by Gasteiger charge is -2.06. The summed E-state index contributed by atoms with van der Waals surface area (Å²) in [7, 11) is 0. The van der Waals surface area contributed by atoms with E-state index < -0.39 is 10.9 Å². The van der Waals surface area contributed by atoms with Crippen LogP contribution in [0.1, 0.15) is 10.4 Å². The third-order valence-corrected chi connectivity index (χ3v) is 3.79. The fraction of sp³-hybridized carbons (Fsp3) is 0. The van der Waals surface area contributed by atoms with Gasteiger partial charge in [0.25, 0.3) is 5.69 Å². The minimum atomic E-state index is -0.559. The molecule has 114 valence electrons. The first-order valence-corrected chi connectivity index (χ1v) is 7.48. The lowest BCUT2D eigenvalue weighted by Crippen LogP contribution is -2.08. The first-order chi connectivity index (χ1) is 11.0. The summed E-state index contributed by atoms with van der Waals surface area (Å²) in [5.41, 5.74) is 0.185. The number of rotatable bonds is 3. The van der Waals surface area contributed by atoms with Crippen molar-refractivity contribution in [2.24, 2.45) is 0 Å². The second kappa shape index (κ2) is 6.18. The minimum absolute atomic E-state index is 0.0715. The van der Waals surface area contributed by atoms with Crippen LogP contribution in [-0.4, -0.2) is 10.9 Å². The van der Waals surface area contributed by atoms with Crippen molar-refractivity contribution in [2.75, 3.05) is 0 Å². The molecule has 0 heterocycles. The summed E-state index contributed by atoms with van der Waals surface area (Å²) >= 11 is 3.40. The molecule has 0 N–H and O–H groups in total. The SMILES string of the molecule is O=C(Oc1ccc2cc(Br)ccc2c1)c1ccc([N+](=O)[O-])cc1. The van der Waals surface area contributed by atoms with Crippen LogP contribution in [0.4, 0.5) is 5.69 Å². The Balaban J connectivity index is 1.82. The maximum Gasteiger partial charge on any atom is 0.343 e. The number of ether oxygens (including phenoxy) is 1. The van der Waals surface area contributed by atoms with Gasteiger partial charge in [0.2, 0.25) is 0 Å². The molecule has 0 fully saturated rings. The van der Waals surface area contributed by atoms with E-state index in [9.17, 15) is 14.9 Å². The Hall–Kier alpha value is -2.73. The molecule has 0 saturated carbocycles. The largest absolute Gasteiger partial charge is 0.423 e. The van der Waals surface area contributed by atoms with Crippen molar-refractivity contribution in [3.63, 3.8) is 0 Å². The number of carbonyl (C=O) groups is 1. The summed E-state index contributed by atoms with van der Waals surface area (Å²) in [6.07, 6.45) is 0. The third kappa shape index (κ3) is 3.37. The van der Waals surface area contributed by atoms with Gasteiger partial charge in [-0.25, -0.2) is 4.79 Å². The van der Waals surface area contributed by atoms with Crippen LogP contribution in [0, 0.1) is 10.1 Å². The number of nitrogens with zero attached hydrogens (tertiary/aromatic N) is 1. The number of non-ortho nitro benzene ring substituents is 1. The Morgan fingerprint density at radius 3 is 2.30 bits per heavy atom. The van der Waals surface area contributed by atoms with E-state index in [0.717, 1.165) is 15.2 Å². The van der Waals surface area contributed by atoms with Gasteiger partial charge in [-0.15, -0.1) is 0 Å². The van der Waals surface area contributed by atoms with Crippen LogP contribution in [0.5, 0.6) is 5.75 Å². The van der Waals surface area contributed by atoms with E-state index in [0.29, 0.717) is 5.75 Å². The molecule has 0 unspecified atom stereocenters. The molecular formula is C17H10BrNO4. The van der Waals surface area contributed by atoms with Gasteiger partial charge in [0, 0.05) is 16.6 Å². The summed E-state index contributed by atoms with van der Waals surface area (Å²) in [6.45, 7) is 0. The summed E-state index contributed by atoms with van der Waals surface area (Å²) in [5.74, 6) is -0.139. The Morgan fingerprint density at radius 2 is 1.61 bits per heavy atom. The highest BCUT2D eigenvalue weighted by Gasteiger charge is 2.11. The molecular weight excluding hydrogens is 362 g/mol. The van der Waals surface area contributed by atoms with E-state index in [4.69, 9.17) is 4.74 Å². The third-order valence-electron chi connectivity index (χ3n) is 3.30. The average Bonchev–Trinajstić information content (AvgIpc) is 2.55. The summed E-state index contributed by atoms with van der Waals surface area (Å²) < 4.78 is 6.29. The maximum atomic E-state index is 12.1. The van der Waals surface area contributed by atoms with Crippen molar-refractivity contribution in [2.45, 2.75) is 0 Å². The van der Waals surface area contributed by atoms with E-state index in [1.807, 2.05) is 24.3 Å². The number of hydrogen-bond acceptors (Lipinski definition) is 4. The van der Waals surface area contributed by atoms with Gasteiger partial charge in [-0.2, -0.15) is 0 Å². The van der Waals surface area contributed by atoms with E-state index in [1.54, 1.807) is 12.1 Å². The Bertz CT molecular complexity index is 906. The second-order valence-corrected chi connectivity index (χ2v) is 5.76. The Morgan fingerprint density at radius 1 is 0.957 bits per heavy atom. The Labute approximate surface area is 139 Å².